The smallest absolute Gasteiger partial charge is 0.191 e. The Hall–Kier alpha value is -0.820. The first kappa shape index (κ1) is 21.2. The molecule has 126 valence electrons. The summed E-state index contributed by atoms with van der Waals surface area (Å²) in [5.74, 6) is 0.892. The molecule has 22 heavy (non-hydrogen) atoms. The van der Waals surface area contributed by atoms with Crippen LogP contribution in [0.1, 0.15) is 26.3 Å². The van der Waals surface area contributed by atoms with Crippen molar-refractivity contribution in [3.8, 4) is 0 Å². The monoisotopic (exact) mass is 418 g/mol. The van der Waals surface area contributed by atoms with Gasteiger partial charge in [-0.1, -0.05) is 30.3 Å². The predicted octanol–water partition coefficient (Wildman–Crippen LogP) is 2.74. The number of rotatable bonds is 7. The van der Waals surface area contributed by atoms with Crippen molar-refractivity contribution in [3.63, 3.8) is 0 Å². The second-order valence-electron chi connectivity index (χ2n) is 6.06. The normalized spacial score (nSPS) is 12.0. The summed E-state index contributed by atoms with van der Waals surface area (Å²) in [5.41, 5.74) is 1.40. The second kappa shape index (κ2) is 10.8. The number of hydrogen-bond acceptors (Lipinski definition) is 2. The van der Waals surface area contributed by atoms with Crippen LogP contribution in [-0.2, 0) is 6.42 Å². The minimum absolute atomic E-state index is 0. The summed E-state index contributed by atoms with van der Waals surface area (Å²) in [6.45, 7) is 9.01. The molecule has 4 nitrogen and oxygen atoms in total. The van der Waals surface area contributed by atoms with Gasteiger partial charge in [0.15, 0.2) is 5.96 Å². The first-order valence-electron chi connectivity index (χ1n) is 7.69. The van der Waals surface area contributed by atoms with Gasteiger partial charge in [-0.15, -0.1) is 24.0 Å². The number of nitrogens with zero attached hydrogens (tertiary/aromatic N) is 2. The lowest BCUT2D eigenvalue weighted by Gasteiger charge is -2.31. The molecule has 0 fully saturated rings. The minimum atomic E-state index is 0. The highest BCUT2D eigenvalue weighted by Gasteiger charge is 2.19. The molecule has 0 aliphatic heterocycles. The second-order valence-corrected chi connectivity index (χ2v) is 6.06. The molecule has 0 aromatic heterocycles. The molecule has 0 saturated carbocycles. The average Bonchev–Trinajstić information content (AvgIpc) is 2.46. The van der Waals surface area contributed by atoms with Crippen molar-refractivity contribution < 1.29 is 0 Å². The third-order valence-electron chi connectivity index (χ3n) is 3.73. The van der Waals surface area contributed by atoms with Crippen molar-refractivity contribution in [1.29, 1.82) is 0 Å². The van der Waals surface area contributed by atoms with Gasteiger partial charge >= 0.3 is 0 Å². The molecule has 0 heterocycles. The maximum absolute atomic E-state index is 4.69. The maximum atomic E-state index is 4.69. The Morgan fingerprint density at radius 3 is 2.32 bits per heavy atom. The Morgan fingerprint density at radius 2 is 1.77 bits per heavy atom. The van der Waals surface area contributed by atoms with E-state index in [1.807, 2.05) is 6.07 Å². The molecule has 1 aromatic carbocycles. The van der Waals surface area contributed by atoms with Crippen LogP contribution in [0.15, 0.2) is 35.3 Å². The fourth-order valence-electron chi connectivity index (χ4n) is 1.73. The quantitative estimate of drug-likeness (QED) is 0.407. The third kappa shape index (κ3) is 7.98. The molecule has 0 unspecified atom stereocenters. The molecule has 0 atom stereocenters. The van der Waals surface area contributed by atoms with Gasteiger partial charge in [0.2, 0.25) is 0 Å². The van der Waals surface area contributed by atoms with Crippen molar-refractivity contribution in [2.45, 2.75) is 32.7 Å². The molecule has 5 heteroatoms. The van der Waals surface area contributed by atoms with Crippen molar-refractivity contribution in [1.82, 2.24) is 15.5 Å². The van der Waals surface area contributed by atoms with Gasteiger partial charge in [-0.05, 0) is 46.9 Å². The molecule has 1 aromatic rings. The van der Waals surface area contributed by atoms with E-state index in [4.69, 9.17) is 4.99 Å². The number of benzene rings is 1. The van der Waals surface area contributed by atoms with E-state index in [0.29, 0.717) is 0 Å². The lowest BCUT2D eigenvalue weighted by atomic mass is 10.1. The van der Waals surface area contributed by atoms with Crippen LogP contribution in [0.25, 0.3) is 0 Å². The molecule has 0 aliphatic carbocycles. The summed E-state index contributed by atoms with van der Waals surface area (Å²) < 4.78 is 0. The van der Waals surface area contributed by atoms with E-state index < -0.39 is 0 Å². The highest BCUT2D eigenvalue weighted by atomic mass is 127. The summed E-state index contributed by atoms with van der Waals surface area (Å²) >= 11 is 0. The zero-order chi connectivity index (χ0) is 15.7. The van der Waals surface area contributed by atoms with Crippen LogP contribution in [0.3, 0.4) is 0 Å². The number of aliphatic imine (C=N–C) groups is 1. The number of hydrogen-bond donors (Lipinski definition) is 2. The van der Waals surface area contributed by atoms with Crippen LogP contribution in [0, 0.1) is 0 Å². The van der Waals surface area contributed by atoms with Crippen LogP contribution in [0.2, 0.25) is 0 Å². The van der Waals surface area contributed by atoms with Gasteiger partial charge in [0, 0.05) is 18.6 Å². The topological polar surface area (TPSA) is 39.7 Å². The van der Waals surface area contributed by atoms with Crippen molar-refractivity contribution in [2.24, 2.45) is 4.99 Å². The number of guanidine groups is 1. The molecule has 0 spiro atoms. The Morgan fingerprint density at radius 1 is 1.14 bits per heavy atom. The first-order valence-corrected chi connectivity index (χ1v) is 7.69. The summed E-state index contributed by atoms with van der Waals surface area (Å²) in [6.07, 6.45) is 1.00. The molecule has 0 radical (unpaired) electrons. The standard InChI is InChI=1S/C17H30N4.HI/c1-6-18-16(20-14-17(2,3)21(4)5)19-13-12-15-10-8-7-9-11-15;/h7-11H,6,12-14H2,1-5H3,(H2,18,19,20);1H. The maximum Gasteiger partial charge on any atom is 0.191 e. The van der Waals surface area contributed by atoms with E-state index in [2.05, 4.69) is 74.7 Å². The number of halogens is 1. The van der Waals surface area contributed by atoms with Crippen LogP contribution in [0.4, 0.5) is 0 Å². The first-order chi connectivity index (χ1) is 9.95. The molecule has 2 N–H and O–H groups in total. The van der Waals surface area contributed by atoms with Gasteiger partial charge in [0.1, 0.15) is 0 Å². The average molecular weight is 418 g/mol. The van der Waals surface area contributed by atoms with Gasteiger partial charge in [0.05, 0.1) is 6.54 Å². The zero-order valence-electron chi connectivity index (χ0n) is 14.5. The van der Waals surface area contributed by atoms with E-state index in [9.17, 15) is 0 Å². The fraction of sp³-hybridized carbons (Fsp3) is 0.588. The van der Waals surface area contributed by atoms with Gasteiger partial charge in [-0.25, -0.2) is 0 Å². The molecular weight excluding hydrogens is 387 g/mol. The molecule has 0 aliphatic rings. The van der Waals surface area contributed by atoms with Crippen LogP contribution < -0.4 is 10.6 Å². The zero-order valence-corrected chi connectivity index (χ0v) is 16.8. The van der Waals surface area contributed by atoms with Crippen molar-refractivity contribution in [3.05, 3.63) is 35.9 Å². The van der Waals surface area contributed by atoms with Gasteiger partial charge in [-0.3, -0.25) is 4.99 Å². The molecule has 0 bridgehead atoms. The summed E-state index contributed by atoms with van der Waals surface area (Å²) in [4.78, 5) is 6.89. The van der Waals surface area contributed by atoms with E-state index >= 15 is 0 Å². The highest BCUT2D eigenvalue weighted by Crippen LogP contribution is 2.09. The Labute approximate surface area is 152 Å². The number of likely N-dealkylation sites (N-methyl/N-ethyl adjacent to an activating group) is 1. The van der Waals surface area contributed by atoms with E-state index in [1.165, 1.54) is 5.56 Å². The van der Waals surface area contributed by atoms with E-state index in [-0.39, 0.29) is 29.5 Å². The molecule has 0 amide bonds. The molecule has 0 saturated heterocycles. The van der Waals surface area contributed by atoms with Crippen molar-refractivity contribution in [2.75, 3.05) is 33.7 Å². The van der Waals surface area contributed by atoms with Crippen molar-refractivity contribution >= 4 is 29.9 Å². The highest BCUT2D eigenvalue weighted by molar-refractivity contribution is 14.0. The number of nitrogens with one attached hydrogen (secondary N) is 2. The van der Waals surface area contributed by atoms with Gasteiger partial charge in [-0.2, -0.15) is 0 Å². The summed E-state index contributed by atoms with van der Waals surface area (Å²) in [5, 5.41) is 6.70. The lowest BCUT2D eigenvalue weighted by molar-refractivity contribution is 0.204. The Balaban J connectivity index is 0.00000441. The van der Waals surface area contributed by atoms with Crippen LogP contribution in [0.5, 0.6) is 0 Å². The van der Waals surface area contributed by atoms with E-state index in [1.54, 1.807) is 0 Å². The Kier molecular flexibility index (Phi) is 10.4. The fourth-order valence-corrected chi connectivity index (χ4v) is 1.73. The predicted molar refractivity (Wildman–Crippen MR) is 107 cm³/mol. The summed E-state index contributed by atoms with van der Waals surface area (Å²) in [6, 6.07) is 10.5. The molecule has 1 rings (SSSR count). The lowest BCUT2D eigenvalue weighted by Crippen LogP contribution is -2.44. The molecular formula is C17H31IN4. The largest absolute Gasteiger partial charge is 0.357 e. The van der Waals surface area contributed by atoms with Gasteiger partial charge < -0.3 is 15.5 Å². The minimum Gasteiger partial charge on any atom is -0.357 e. The third-order valence-corrected chi connectivity index (χ3v) is 3.73. The summed E-state index contributed by atoms with van der Waals surface area (Å²) in [7, 11) is 4.18. The SMILES string of the molecule is CCNC(=NCC(C)(C)N(C)C)NCCc1ccccc1.I. The van der Waals surface area contributed by atoms with Crippen LogP contribution >= 0.6 is 24.0 Å². The Bertz CT molecular complexity index is 430. The van der Waals surface area contributed by atoms with Gasteiger partial charge in [0.25, 0.3) is 0 Å². The van der Waals surface area contributed by atoms with Crippen LogP contribution in [-0.4, -0.2) is 50.1 Å². The van der Waals surface area contributed by atoms with E-state index in [0.717, 1.165) is 32.0 Å².